The Bertz CT molecular complexity index is 963. The van der Waals surface area contributed by atoms with Crippen molar-refractivity contribution in [2.75, 3.05) is 0 Å². The van der Waals surface area contributed by atoms with Crippen LogP contribution in [-0.2, 0) is 50.6 Å². The molecule has 0 aromatic carbocycles. The first-order valence-corrected chi connectivity index (χ1v) is 25.7. The van der Waals surface area contributed by atoms with E-state index in [0.29, 0.717) is 0 Å². The summed E-state index contributed by atoms with van der Waals surface area (Å²) < 4.78 is 110. The van der Waals surface area contributed by atoms with Gasteiger partial charge >= 0.3 is 301 Å². The molecule has 0 aromatic rings. The molecular formula is C4Br12O12S4Sn. The number of rotatable bonds is 8. The minimum absolute atomic E-state index is 2.42. The average molecular weight is 1450 g/mol. The van der Waals surface area contributed by atoms with E-state index in [-0.39, 0.29) is 0 Å². The molecule has 0 spiro atoms. The standard InChI is InChI=1S/4CHBr3O3S.Sn/c4*2-1(3,4)8(5,6)7;/h4*(H,5,6,7);/q;;;;+4/p-4. The van der Waals surface area contributed by atoms with Gasteiger partial charge in [0.2, 0.25) is 0 Å². The molecule has 0 amide bonds. The average Bonchev–Trinajstić information content (AvgIpc) is 2.38. The molecule has 0 N–H and O–H groups in total. The number of hydrogen-bond donors (Lipinski definition) is 0. The van der Waals surface area contributed by atoms with Crippen molar-refractivity contribution < 1.29 is 43.8 Å². The molecule has 0 unspecified atom stereocenters. The first-order chi connectivity index (χ1) is 13.8. The normalized spacial score (nSPS) is 16.1. The van der Waals surface area contributed by atoms with Gasteiger partial charge in [-0.15, -0.1) is 0 Å². The van der Waals surface area contributed by atoms with Gasteiger partial charge in [0, 0.05) is 0 Å². The summed E-state index contributed by atoms with van der Waals surface area (Å²) >= 11 is 23.3. The summed E-state index contributed by atoms with van der Waals surface area (Å²) in [5.41, 5.74) is 0. The summed E-state index contributed by atoms with van der Waals surface area (Å²) in [6.07, 6.45) is 0. The molecular weight excluding hydrogens is 1450 g/mol. The van der Waals surface area contributed by atoms with E-state index in [0.717, 1.165) is 0 Å². The molecule has 12 nitrogen and oxygen atoms in total. The monoisotopic (exact) mass is 1430 g/mol. The molecule has 0 saturated carbocycles. The SMILES string of the molecule is O=S(=O)([O][Sn]([O]S(=O)(=O)C(Br)(Br)Br)([O]S(=O)(=O)C(Br)(Br)Br)[O]S(=O)(=O)C(Br)(Br)Br)C(Br)(Br)Br. The Morgan fingerprint density at radius 3 is 0.576 bits per heavy atom. The molecule has 29 heteroatoms. The molecule has 0 bridgehead atoms. The van der Waals surface area contributed by atoms with E-state index in [4.69, 9.17) is 0 Å². The van der Waals surface area contributed by atoms with Gasteiger partial charge in [0.25, 0.3) is 0 Å². The second-order valence-electron chi connectivity index (χ2n) is 4.43. The van der Waals surface area contributed by atoms with E-state index >= 15 is 0 Å². The van der Waals surface area contributed by atoms with Crippen molar-refractivity contribution in [3.8, 4) is 0 Å². The topological polar surface area (TPSA) is 173 Å². The Morgan fingerprint density at radius 2 is 0.485 bits per heavy atom. The Labute approximate surface area is 295 Å². The van der Waals surface area contributed by atoms with Crippen molar-refractivity contribution in [3.05, 3.63) is 0 Å². The van der Waals surface area contributed by atoms with Crippen molar-refractivity contribution in [3.63, 3.8) is 0 Å². The molecule has 0 aliphatic heterocycles. The van der Waals surface area contributed by atoms with Crippen LogP contribution in [0.3, 0.4) is 0 Å². The third-order valence-corrected chi connectivity index (χ3v) is 34.7. The summed E-state index contributed by atoms with van der Waals surface area (Å²) in [6.45, 7) is 0. The van der Waals surface area contributed by atoms with Crippen LogP contribution in [0.5, 0.6) is 0 Å². The van der Waals surface area contributed by atoms with Crippen molar-refractivity contribution in [2.45, 2.75) is 5.90 Å². The van der Waals surface area contributed by atoms with Gasteiger partial charge in [0.05, 0.1) is 0 Å². The Kier molecular flexibility index (Phi) is 15.2. The van der Waals surface area contributed by atoms with Crippen LogP contribution in [-0.4, -0.2) is 59.6 Å². The van der Waals surface area contributed by atoms with E-state index in [9.17, 15) is 33.7 Å². The molecule has 0 aromatic heterocycles. The fraction of sp³-hybridized carbons (Fsp3) is 1.00. The number of halogens is 12. The van der Waals surface area contributed by atoms with Crippen LogP contribution in [0.25, 0.3) is 0 Å². The number of hydrogen-bond acceptors (Lipinski definition) is 12. The Balaban J connectivity index is 7.45. The second-order valence-corrected chi connectivity index (χ2v) is 53.1. The molecule has 0 heterocycles. The third kappa shape index (κ3) is 11.4. The summed E-state index contributed by atoms with van der Waals surface area (Å²) in [5.74, 6) is 0. The summed E-state index contributed by atoms with van der Waals surface area (Å²) in [7, 11) is -21.1. The maximum absolute atomic E-state index is 12.6. The van der Waals surface area contributed by atoms with Gasteiger partial charge in [-0.3, -0.25) is 0 Å². The van der Waals surface area contributed by atoms with Crippen molar-refractivity contribution >= 4 is 252 Å². The van der Waals surface area contributed by atoms with Crippen LogP contribution in [0.2, 0.25) is 0 Å². The second kappa shape index (κ2) is 12.8. The summed E-state index contributed by atoms with van der Waals surface area (Å²) in [6, 6.07) is 0. The van der Waals surface area contributed by atoms with Crippen molar-refractivity contribution in [1.82, 2.24) is 0 Å². The van der Waals surface area contributed by atoms with Gasteiger partial charge in [-0.1, -0.05) is 0 Å². The third-order valence-electron chi connectivity index (χ3n) is 1.98. The molecule has 200 valence electrons. The van der Waals surface area contributed by atoms with E-state index in [1.165, 1.54) is 0 Å². The van der Waals surface area contributed by atoms with Crippen LogP contribution >= 0.6 is 191 Å². The Hall–Kier alpha value is 6.20. The van der Waals surface area contributed by atoms with Crippen LogP contribution in [0, 0.1) is 0 Å². The fourth-order valence-corrected chi connectivity index (χ4v) is 35.6. The van der Waals surface area contributed by atoms with Crippen molar-refractivity contribution in [2.24, 2.45) is 0 Å². The van der Waals surface area contributed by atoms with Crippen LogP contribution in [0.15, 0.2) is 0 Å². The number of alkyl halides is 12. The van der Waals surface area contributed by atoms with Gasteiger partial charge < -0.3 is 0 Å². The van der Waals surface area contributed by atoms with Gasteiger partial charge in [-0.05, 0) is 0 Å². The van der Waals surface area contributed by atoms with Crippen LogP contribution in [0.4, 0.5) is 0 Å². The van der Waals surface area contributed by atoms with E-state index in [2.05, 4.69) is 201 Å². The van der Waals surface area contributed by atoms with Crippen LogP contribution < -0.4 is 0 Å². The first kappa shape index (κ1) is 39.2. The van der Waals surface area contributed by atoms with Gasteiger partial charge in [0.15, 0.2) is 0 Å². The zero-order valence-electron chi connectivity index (χ0n) is 13.6. The molecule has 0 aliphatic rings. The quantitative estimate of drug-likeness (QED) is 0.206. The first-order valence-electron chi connectivity index (χ1n) is 5.90. The zero-order valence-corrected chi connectivity index (χ0v) is 38.7. The summed E-state index contributed by atoms with van der Waals surface area (Å²) in [4.78, 5) is 0. The maximum atomic E-state index is 12.6. The molecule has 0 rings (SSSR count). The van der Waals surface area contributed by atoms with Gasteiger partial charge in [-0.2, -0.15) is 0 Å². The Morgan fingerprint density at radius 1 is 0.364 bits per heavy atom. The van der Waals surface area contributed by atoms with E-state index in [1.54, 1.807) is 0 Å². The molecule has 0 atom stereocenters. The van der Waals surface area contributed by atoms with Crippen molar-refractivity contribution in [1.29, 1.82) is 0 Å². The molecule has 33 heavy (non-hydrogen) atoms. The zero-order chi connectivity index (χ0) is 27.3. The molecule has 0 radical (unpaired) electrons. The van der Waals surface area contributed by atoms with E-state index < -0.39 is 66.4 Å². The molecule has 0 aliphatic carbocycles. The molecule has 0 saturated heterocycles. The minimum atomic E-state index is -7.53. The molecule has 0 fully saturated rings. The van der Waals surface area contributed by atoms with Gasteiger partial charge in [0.1, 0.15) is 0 Å². The van der Waals surface area contributed by atoms with Gasteiger partial charge in [-0.25, -0.2) is 0 Å². The van der Waals surface area contributed by atoms with Crippen LogP contribution in [0.1, 0.15) is 0 Å². The predicted octanol–water partition coefficient (Wildman–Crippen LogP) is 5.99. The predicted molar refractivity (Wildman–Crippen MR) is 164 cm³/mol. The van der Waals surface area contributed by atoms with E-state index in [1.807, 2.05) is 0 Å². The fourth-order valence-electron chi connectivity index (χ4n) is 0.810. The summed E-state index contributed by atoms with van der Waals surface area (Å²) in [5, 5.41) is 0.